The quantitative estimate of drug-likeness (QED) is 0.420. The highest BCUT2D eigenvalue weighted by Crippen LogP contribution is 2.41. The average Bonchev–Trinajstić information content (AvgIpc) is 3.24. The van der Waals surface area contributed by atoms with Gasteiger partial charge in [0.2, 0.25) is 0 Å². The molecule has 6 nitrogen and oxygen atoms in total. The normalized spacial score (nSPS) is 20.9. The molecule has 0 radical (unpaired) electrons. The number of aliphatic hydroxyl groups is 1. The number of likely N-dealkylation sites (tertiary alicyclic amines) is 1. The van der Waals surface area contributed by atoms with Crippen LogP contribution in [0.2, 0.25) is 0 Å². The molecule has 1 aromatic rings. The fraction of sp³-hybridized carbons (Fsp3) is 0.619. The second-order valence-electron chi connectivity index (χ2n) is 7.58. The van der Waals surface area contributed by atoms with E-state index in [0.717, 1.165) is 32.2 Å². The Labute approximate surface area is 161 Å². The van der Waals surface area contributed by atoms with Gasteiger partial charge in [-0.05, 0) is 25.3 Å². The Kier molecular flexibility index (Phi) is 6.37. The second kappa shape index (κ2) is 8.74. The SMILES string of the molecule is CCNC(=N)N1CCC(OC(=O)[C@](O)(c2ccccc2)C2CCCC2)CC1. The molecular formula is C21H31N3O3. The lowest BCUT2D eigenvalue weighted by atomic mass is 9.80. The van der Waals surface area contributed by atoms with E-state index >= 15 is 0 Å². The predicted molar refractivity (Wildman–Crippen MR) is 104 cm³/mol. The highest BCUT2D eigenvalue weighted by Gasteiger charge is 2.48. The average molecular weight is 373 g/mol. The molecule has 1 aliphatic heterocycles. The van der Waals surface area contributed by atoms with Crippen molar-refractivity contribution in [2.45, 2.75) is 57.2 Å². The van der Waals surface area contributed by atoms with Gasteiger partial charge >= 0.3 is 5.97 Å². The molecule has 0 bridgehead atoms. The third-order valence-corrected chi connectivity index (χ3v) is 5.85. The number of hydrogen-bond donors (Lipinski definition) is 3. The summed E-state index contributed by atoms with van der Waals surface area (Å²) in [5, 5.41) is 22.5. The molecule has 1 saturated heterocycles. The maximum atomic E-state index is 13.1. The lowest BCUT2D eigenvalue weighted by Gasteiger charge is -2.37. The molecule has 27 heavy (non-hydrogen) atoms. The van der Waals surface area contributed by atoms with Gasteiger partial charge in [-0.1, -0.05) is 43.2 Å². The fourth-order valence-corrected chi connectivity index (χ4v) is 4.27. The van der Waals surface area contributed by atoms with Crippen LogP contribution in [0, 0.1) is 11.3 Å². The van der Waals surface area contributed by atoms with Gasteiger partial charge in [0.25, 0.3) is 0 Å². The van der Waals surface area contributed by atoms with Crippen molar-refractivity contribution in [3.05, 3.63) is 35.9 Å². The molecule has 1 aliphatic carbocycles. The van der Waals surface area contributed by atoms with E-state index in [-0.39, 0.29) is 12.0 Å². The molecule has 2 fully saturated rings. The number of ether oxygens (including phenoxy) is 1. The maximum Gasteiger partial charge on any atom is 0.343 e. The third kappa shape index (κ3) is 4.26. The van der Waals surface area contributed by atoms with Crippen molar-refractivity contribution >= 4 is 11.9 Å². The van der Waals surface area contributed by atoms with Gasteiger partial charge in [-0.3, -0.25) is 5.41 Å². The van der Waals surface area contributed by atoms with Gasteiger partial charge in [0.05, 0.1) is 0 Å². The first-order valence-electron chi connectivity index (χ1n) is 10.1. The van der Waals surface area contributed by atoms with Crippen molar-refractivity contribution in [2.24, 2.45) is 5.92 Å². The number of esters is 1. The van der Waals surface area contributed by atoms with E-state index in [4.69, 9.17) is 10.1 Å². The number of nitrogens with one attached hydrogen (secondary N) is 2. The minimum absolute atomic E-state index is 0.0885. The summed E-state index contributed by atoms with van der Waals surface area (Å²) in [6.07, 6.45) is 4.91. The molecule has 0 unspecified atom stereocenters. The molecule has 2 aliphatic rings. The number of nitrogens with zero attached hydrogens (tertiary/aromatic N) is 1. The molecule has 1 saturated carbocycles. The highest BCUT2D eigenvalue weighted by molar-refractivity contribution is 5.82. The maximum absolute atomic E-state index is 13.1. The Morgan fingerprint density at radius 1 is 1.22 bits per heavy atom. The van der Waals surface area contributed by atoms with Crippen LogP contribution in [-0.2, 0) is 15.1 Å². The van der Waals surface area contributed by atoms with Gasteiger partial charge < -0.3 is 20.1 Å². The molecule has 0 aromatic heterocycles. The van der Waals surface area contributed by atoms with E-state index in [1.807, 2.05) is 42.2 Å². The number of guanidine groups is 1. The molecule has 1 atom stereocenters. The standard InChI is InChI=1S/C21H31N3O3/c1-2-23-20(22)24-14-12-18(13-15-24)27-19(25)21(26,17-10-6-7-11-17)16-8-4-3-5-9-16/h3-5,8-9,17-18,26H,2,6-7,10-15H2,1H3,(H2,22,23)/t21-/m0/s1. The Morgan fingerprint density at radius 2 is 1.85 bits per heavy atom. The summed E-state index contributed by atoms with van der Waals surface area (Å²) in [7, 11) is 0. The van der Waals surface area contributed by atoms with E-state index in [0.29, 0.717) is 37.5 Å². The third-order valence-electron chi connectivity index (χ3n) is 5.85. The van der Waals surface area contributed by atoms with Crippen LogP contribution in [0.1, 0.15) is 51.0 Å². The van der Waals surface area contributed by atoms with Gasteiger partial charge in [0.15, 0.2) is 11.6 Å². The first-order chi connectivity index (χ1) is 13.1. The van der Waals surface area contributed by atoms with Crippen LogP contribution in [0.3, 0.4) is 0 Å². The van der Waals surface area contributed by atoms with Crippen LogP contribution in [0.25, 0.3) is 0 Å². The van der Waals surface area contributed by atoms with Crippen molar-refractivity contribution in [3.8, 4) is 0 Å². The Hall–Kier alpha value is -2.08. The van der Waals surface area contributed by atoms with Crippen LogP contribution in [-0.4, -0.2) is 47.7 Å². The van der Waals surface area contributed by atoms with Crippen molar-refractivity contribution in [1.82, 2.24) is 10.2 Å². The first-order valence-corrected chi connectivity index (χ1v) is 10.1. The zero-order valence-corrected chi connectivity index (χ0v) is 16.1. The summed E-state index contributed by atoms with van der Waals surface area (Å²) in [6, 6.07) is 9.24. The van der Waals surface area contributed by atoms with Crippen molar-refractivity contribution in [3.63, 3.8) is 0 Å². The summed E-state index contributed by atoms with van der Waals surface area (Å²) >= 11 is 0. The van der Waals surface area contributed by atoms with Crippen LogP contribution in [0.5, 0.6) is 0 Å². The van der Waals surface area contributed by atoms with Crippen LogP contribution in [0.4, 0.5) is 0 Å². The van der Waals surface area contributed by atoms with Crippen LogP contribution >= 0.6 is 0 Å². The van der Waals surface area contributed by atoms with E-state index in [2.05, 4.69) is 5.32 Å². The molecule has 6 heteroatoms. The fourth-order valence-electron chi connectivity index (χ4n) is 4.27. The number of hydrogen-bond acceptors (Lipinski definition) is 4. The molecule has 3 N–H and O–H groups in total. The molecule has 1 aromatic carbocycles. The number of benzene rings is 1. The Morgan fingerprint density at radius 3 is 2.44 bits per heavy atom. The Balaban J connectivity index is 1.66. The lowest BCUT2D eigenvalue weighted by molar-refractivity contribution is -0.181. The van der Waals surface area contributed by atoms with Crippen molar-refractivity contribution < 1.29 is 14.6 Å². The van der Waals surface area contributed by atoms with Crippen molar-refractivity contribution in [1.29, 1.82) is 5.41 Å². The summed E-state index contributed by atoms with van der Waals surface area (Å²) in [5.74, 6) is -0.177. The van der Waals surface area contributed by atoms with Crippen LogP contribution < -0.4 is 5.32 Å². The molecule has 1 heterocycles. The van der Waals surface area contributed by atoms with Gasteiger partial charge in [-0.15, -0.1) is 0 Å². The lowest BCUT2D eigenvalue weighted by Crippen LogP contribution is -2.49. The summed E-state index contributed by atoms with van der Waals surface area (Å²) in [6.45, 7) is 4.05. The smallest absolute Gasteiger partial charge is 0.343 e. The zero-order chi connectivity index (χ0) is 19.3. The topological polar surface area (TPSA) is 85.7 Å². The minimum Gasteiger partial charge on any atom is -0.460 e. The molecule has 148 valence electrons. The second-order valence-corrected chi connectivity index (χ2v) is 7.58. The zero-order valence-electron chi connectivity index (χ0n) is 16.1. The predicted octanol–water partition coefficient (Wildman–Crippen LogP) is 2.62. The van der Waals surface area contributed by atoms with Gasteiger partial charge in [0, 0.05) is 38.4 Å². The number of piperidine rings is 1. The molecular weight excluding hydrogens is 342 g/mol. The Bertz CT molecular complexity index is 637. The van der Waals surface area contributed by atoms with Gasteiger partial charge in [-0.25, -0.2) is 4.79 Å². The van der Waals surface area contributed by atoms with Gasteiger partial charge in [0.1, 0.15) is 6.10 Å². The van der Waals surface area contributed by atoms with Gasteiger partial charge in [-0.2, -0.15) is 0 Å². The monoisotopic (exact) mass is 373 g/mol. The summed E-state index contributed by atoms with van der Waals surface area (Å²) in [4.78, 5) is 15.1. The van der Waals surface area contributed by atoms with Crippen molar-refractivity contribution in [2.75, 3.05) is 19.6 Å². The summed E-state index contributed by atoms with van der Waals surface area (Å²) in [5.41, 5.74) is -0.931. The van der Waals surface area contributed by atoms with Crippen LogP contribution in [0.15, 0.2) is 30.3 Å². The molecule has 0 amide bonds. The summed E-state index contributed by atoms with van der Waals surface area (Å²) < 4.78 is 5.80. The number of rotatable bonds is 5. The van der Waals surface area contributed by atoms with E-state index < -0.39 is 11.6 Å². The molecule has 0 spiro atoms. The first kappa shape index (κ1) is 19.7. The largest absolute Gasteiger partial charge is 0.460 e. The minimum atomic E-state index is -1.56. The van der Waals surface area contributed by atoms with E-state index in [9.17, 15) is 9.90 Å². The molecule has 3 rings (SSSR count). The van der Waals surface area contributed by atoms with E-state index in [1.54, 1.807) is 0 Å². The van der Waals surface area contributed by atoms with E-state index in [1.165, 1.54) is 0 Å². The number of carbonyl (C=O) groups excluding carboxylic acids is 1. The highest BCUT2D eigenvalue weighted by atomic mass is 16.6. The number of carbonyl (C=O) groups is 1.